The molecule has 2 aliphatic rings. The standard InChI is InChI=1S/C55H84N18O21/c1-27(78)43-53(91)60-15-4-3-8-30(46(84)64-33(11-7-19-72(94)26-77)49(87)69-44(28(2)79)54(92)70-43)63-47(85)32(10-6-18-71(93)25-76)66-50(88)35(23-74)67-48(86)31(9-5-16-61-55(57)58)65-51(89)36(24-75)68-52(90)37-14-17-59-45-34(62-42(83)13-12-41(56)82)20-29-21-39(80)40(81)22-38(29)73(37)45/h20-22,25-28,30-33,35-37,43-44,74-75,78-79,93-94H,3-19,23-24H2,1-2H3,(H18,56,57,58,59,60,61,62,63,64,65,66,67,68,69,70,80,81,82,83,84,85,86,87,88,89,90,91,92)/p+2/t27?,28?,30-,31-,32-,33-,35-,36-,37-,43-,44-/m0/s1. The first-order valence-electron chi connectivity index (χ1n) is 30.0. The van der Waals surface area contributed by atoms with Gasteiger partial charge in [-0.1, -0.05) is 0 Å². The van der Waals surface area contributed by atoms with Crippen LogP contribution in [-0.4, -0.2) is 241 Å². The van der Waals surface area contributed by atoms with Crippen molar-refractivity contribution in [2.45, 2.75) is 157 Å². The number of amides is 13. The number of aliphatic hydroxyl groups excluding tert-OH is 4. The Morgan fingerprint density at radius 2 is 1.23 bits per heavy atom. The first-order chi connectivity index (χ1) is 44.5. The van der Waals surface area contributed by atoms with E-state index >= 15 is 0 Å². The molecule has 2 aromatic rings. The number of nitrogens with two attached hydrogens (primary N) is 3. The molecule has 0 saturated carbocycles. The van der Waals surface area contributed by atoms with E-state index in [0.29, 0.717) is 0 Å². The molecule has 39 heteroatoms. The molecule has 0 aliphatic carbocycles. The van der Waals surface area contributed by atoms with Gasteiger partial charge in [0.1, 0.15) is 59.5 Å². The summed E-state index contributed by atoms with van der Waals surface area (Å²) in [5.41, 5.74) is 16.5. The fraction of sp³-hybridized carbons (Fsp3) is 0.582. The second-order valence-corrected chi connectivity index (χ2v) is 22.2. The number of carbonyl (C=O) groups is 13. The summed E-state index contributed by atoms with van der Waals surface area (Å²) in [7, 11) is 0. The Morgan fingerprint density at radius 1 is 0.670 bits per heavy atom. The lowest BCUT2D eigenvalue weighted by Crippen LogP contribution is -2.78. The molecule has 0 bridgehead atoms. The number of hydrogen-bond donors (Lipinski definition) is 23. The van der Waals surface area contributed by atoms with E-state index in [2.05, 4.69) is 63.5 Å². The van der Waals surface area contributed by atoms with Gasteiger partial charge in [0, 0.05) is 50.3 Å². The van der Waals surface area contributed by atoms with E-state index in [4.69, 9.17) is 17.2 Å². The molecule has 1 aromatic carbocycles. The maximum Gasteiger partial charge on any atom is 0.338 e. The maximum absolute atomic E-state index is 14.4. The molecule has 1 aromatic heterocycles. The Labute approximate surface area is 536 Å². The molecule has 13 amide bonds. The third kappa shape index (κ3) is 23.4. The lowest BCUT2D eigenvalue weighted by Gasteiger charge is -2.29. The summed E-state index contributed by atoms with van der Waals surface area (Å²) < 4.78 is 1.36. The summed E-state index contributed by atoms with van der Waals surface area (Å²) in [5, 5.41) is 111. The van der Waals surface area contributed by atoms with Crippen molar-refractivity contribution < 1.29 is 113 Å². The molecular weight excluding hydrogens is 1250 g/mol. The molecule has 39 nitrogen and oxygen atoms in total. The number of pyridine rings is 1. The van der Waals surface area contributed by atoms with E-state index in [1.807, 2.05) is 0 Å². The van der Waals surface area contributed by atoms with Gasteiger partial charge < -0.3 is 89.5 Å². The predicted molar refractivity (Wildman–Crippen MR) is 323 cm³/mol. The number of nitrogens with one attached hydrogen (secondary N) is 12. The quantitative estimate of drug-likeness (QED) is 0.00473. The lowest BCUT2D eigenvalue weighted by atomic mass is 10.0. The number of aromatic nitrogens is 1. The molecule has 0 radical (unpaired) electrons. The first-order valence-corrected chi connectivity index (χ1v) is 30.0. The van der Waals surface area contributed by atoms with E-state index in [-0.39, 0.29) is 148 Å². The fourth-order valence-corrected chi connectivity index (χ4v) is 9.89. The number of phenolic OH excluding ortho intramolecular Hbond substituents is 2. The zero-order valence-corrected chi connectivity index (χ0v) is 51.6. The van der Waals surface area contributed by atoms with Crippen molar-refractivity contribution in [3.8, 4) is 11.5 Å². The largest absolute Gasteiger partial charge is 0.504 e. The van der Waals surface area contributed by atoms with E-state index in [0.717, 1.165) is 19.1 Å². The zero-order chi connectivity index (χ0) is 69.9. The number of hydroxylamine groups is 4. The number of rotatable bonds is 32. The summed E-state index contributed by atoms with van der Waals surface area (Å²) in [4.78, 5) is 175. The highest BCUT2D eigenvalue weighted by molar-refractivity contribution is 6.00. The molecule has 2 unspecified atom stereocenters. The first kappa shape index (κ1) is 76.6. The van der Waals surface area contributed by atoms with Gasteiger partial charge in [-0.05, 0) is 83.8 Å². The molecule has 520 valence electrons. The van der Waals surface area contributed by atoms with Crippen LogP contribution < -0.4 is 85.2 Å². The Balaban J connectivity index is 1.63. The van der Waals surface area contributed by atoms with Crippen molar-refractivity contribution in [1.82, 2.24) is 58.0 Å². The predicted octanol–water partition coefficient (Wildman–Crippen LogP) is -10.6. The van der Waals surface area contributed by atoms with Gasteiger partial charge in [-0.2, -0.15) is 0 Å². The number of benzene rings is 1. The minimum absolute atomic E-state index is 0.000691. The molecule has 26 N–H and O–H groups in total. The van der Waals surface area contributed by atoms with E-state index in [9.17, 15) is 103 Å². The molecule has 4 rings (SSSR count). The van der Waals surface area contributed by atoms with Crippen LogP contribution in [0.2, 0.25) is 0 Å². The Kier molecular flexibility index (Phi) is 30.7. The molecule has 2 aliphatic heterocycles. The van der Waals surface area contributed by atoms with Gasteiger partial charge in [0.2, 0.25) is 71.9 Å². The van der Waals surface area contributed by atoms with Crippen LogP contribution >= 0.6 is 0 Å². The Hall–Kier alpha value is -9.83. The highest BCUT2D eigenvalue weighted by Crippen LogP contribution is 2.35. The number of aromatic hydroxyl groups is 2. The van der Waals surface area contributed by atoms with Crippen molar-refractivity contribution in [3.63, 3.8) is 0 Å². The molecule has 0 spiro atoms. The van der Waals surface area contributed by atoms with Gasteiger partial charge in [0.25, 0.3) is 11.7 Å². The molecule has 1 saturated heterocycles. The number of guanidine groups is 1. The minimum atomic E-state index is -1.95. The van der Waals surface area contributed by atoms with Crippen molar-refractivity contribution in [2.24, 2.45) is 17.2 Å². The Morgan fingerprint density at radius 3 is 1.84 bits per heavy atom. The smallest absolute Gasteiger partial charge is 0.338 e. The van der Waals surface area contributed by atoms with Crippen molar-refractivity contribution >= 4 is 106 Å². The average Bonchev–Trinajstić information content (AvgIpc) is 0.751. The van der Waals surface area contributed by atoms with Crippen LogP contribution in [0.15, 0.2) is 18.2 Å². The molecule has 11 atom stereocenters. The van der Waals surface area contributed by atoms with Gasteiger partial charge in [-0.15, -0.1) is 0 Å². The fourth-order valence-electron chi connectivity index (χ4n) is 9.89. The maximum atomic E-state index is 14.4. The normalized spacial score (nSPS) is 19.7. The highest BCUT2D eigenvalue weighted by atomic mass is 16.5. The second-order valence-electron chi connectivity index (χ2n) is 22.2. The van der Waals surface area contributed by atoms with Crippen LogP contribution in [0.25, 0.3) is 10.9 Å². The van der Waals surface area contributed by atoms with E-state index < -0.39 is 169 Å². The van der Waals surface area contributed by atoms with Crippen molar-refractivity contribution in [2.75, 3.05) is 56.6 Å². The summed E-state index contributed by atoms with van der Waals surface area (Å²) in [6, 6.07) is -11.3. The second kappa shape index (κ2) is 37.6. The summed E-state index contributed by atoms with van der Waals surface area (Å²) in [5.74, 6) is -12.4. The number of carbonyl (C=O) groups excluding carboxylic acids is 13. The average molecular weight is 1340 g/mol. The topological polar surface area (TPSA) is 618 Å². The van der Waals surface area contributed by atoms with Gasteiger partial charge in [0.05, 0.1) is 38.5 Å². The van der Waals surface area contributed by atoms with E-state index in [1.165, 1.54) is 17.6 Å². The van der Waals surface area contributed by atoms with Crippen LogP contribution in [-0.2, 0) is 62.3 Å². The SMILES string of the molecule is CC(O)[C@@H]1NC(=O)[C@H](CCCN(O)C=O)NC(=O)[C@@H](NC(=O)[C@H](CCCN(O)C=O)NC(=O)[C@H](CO)NC(=O)[C@H](CCC[NH+]=C(N)N)NC(=O)[C@H](CO)NC(=O)[C@@H]2CCNc3c(NC(=O)CCC(N)=O)cc4cc(O)c(O)cc4[n+]32)CCCCNC(=O)[C@H](C(C)O)NC1=O. The van der Waals surface area contributed by atoms with E-state index in [1.54, 1.807) is 0 Å². The molecule has 94 heavy (non-hydrogen) atoms. The van der Waals surface area contributed by atoms with Crippen LogP contribution in [0.1, 0.15) is 96.9 Å². The van der Waals surface area contributed by atoms with Crippen LogP contribution in [0.5, 0.6) is 11.5 Å². The molecule has 3 heterocycles. The van der Waals surface area contributed by atoms with Gasteiger partial charge in [-0.25, -0.2) is 14.7 Å². The highest BCUT2D eigenvalue weighted by Gasteiger charge is 2.40. The number of fused-ring (bicyclic) bond motifs is 3. The number of primary amides is 1. The van der Waals surface area contributed by atoms with Crippen LogP contribution in [0, 0.1) is 0 Å². The number of aliphatic hydroxyl groups is 4. The van der Waals surface area contributed by atoms with Gasteiger partial charge >= 0.3 is 5.96 Å². The monoisotopic (exact) mass is 1330 g/mol. The van der Waals surface area contributed by atoms with Crippen molar-refractivity contribution in [1.29, 1.82) is 0 Å². The Bertz CT molecular complexity index is 3080. The third-order valence-corrected chi connectivity index (χ3v) is 14.9. The molecular formula is C55H86N18O21+2. The molecule has 1 fully saturated rings. The number of hydrogen-bond acceptors (Lipinski definition) is 22. The summed E-state index contributed by atoms with van der Waals surface area (Å²) >= 11 is 0. The van der Waals surface area contributed by atoms with Gasteiger partial charge in [0.15, 0.2) is 17.5 Å². The van der Waals surface area contributed by atoms with Crippen molar-refractivity contribution in [3.05, 3.63) is 18.2 Å². The number of phenols is 2. The summed E-state index contributed by atoms with van der Waals surface area (Å²) in [6.45, 7) is -0.772. The summed E-state index contributed by atoms with van der Waals surface area (Å²) in [6.07, 6.45) is -5.25. The number of anilines is 2. The van der Waals surface area contributed by atoms with Gasteiger partial charge in [-0.3, -0.25) is 94.5 Å². The minimum Gasteiger partial charge on any atom is -0.504 e. The van der Waals surface area contributed by atoms with Crippen LogP contribution in [0.3, 0.4) is 0 Å². The van der Waals surface area contributed by atoms with Crippen LogP contribution in [0.4, 0.5) is 11.5 Å². The number of nitrogens with zero attached hydrogens (tertiary/aromatic N) is 3. The lowest BCUT2D eigenvalue weighted by molar-refractivity contribution is -0.674. The third-order valence-electron chi connectivity index (χ3n) is 14.9. The zero-order valence-electron chi connectivity index (χ0n) is 51.6.